The zero-order valence-corrected chi connectivity index (χ0v) is 26.0. The minimum atomic E-state index is -0.564. The summed E-state index contributed by atoms with van der Waals surface area (Å²) in [7, 11) is 1.61. The van der Waals surface area contributed by atoms with Crippen LogP contribution in [0, 0.1) is 22.9 Å². The average molecular weight is 660 g/mol. The molecule has 1 heterocycles. The number of nitro groups is 1. The van der Waals surface area contributed by atoms with Crippen LogP contribution in [0.1, 0.15) is 42.0 Å². The number of nitrogens with zero attached hydrogens (tertiary/aromatic N) is 4. The SMILES string of the molecule is COc1cc(C)c(-c2nc3ccccc3c(=O)n2N=Cc2cc(Br)cc([N+](=O)[O-])c2OCc2ccc(F)cc2)cc1C(C)C. The number of methoxy groups -OCH3 is 1. The molecular formula is C33H28BrFN4O5. The van der Waals surface area contributed by atoms with Crippen LogP contribution in [0.5, 0.6) is 11.5 Å². The van der Waals surface area contributed by atoms with E-state index in [1.807, 2.05) is 32.9 Å². The first kappa shape index (κ1) is 30.6. The van der Waals surface area contributed by atoms with Crippen molar-refractivity contribution in [3.8, 4) is 22.9 Å². The number of aryl methyl sites for hydroxylation is 1. The molecule has 0 saturated heterocycles. The number of rotatable bonds is 9. The Morgan fingerprint density at radius 3 is 2.52 bits per heavy atom. The summed E-state index contributed by atoms with van der Waals surface area (Å²) < 4.78 is 26.5. The molecule has 0 saturated carbocycles. The van der Waals surface area contributed by atoms with Crippen molar-refractivity contribution >= 4 is 38.7 Å². The second-order valence-electron chi connectivity index (χ2n) is 10.4. The second kappa shape index (κ2) is 12.8. The van der Waals surface area contributed by atoms with Crippen molar-refractivity contribution in [1.29, 1.82) is 0 Å². The van der Waals surface area contributed by atoms with E-state index in [9.17, 15) is 19.3 Å². The summed E-state index contributed by atoms with van der Waals surface area (Å²) in [6.45, 7) is 5.93. The Labute approximate surface area is 260 Å². The first-order chi connectivity index (χ1) is 21.1. The summed E-state index contributed by atoms with van der Waals surface area (Å²) in [6.07, 6.45) is 1.33. The zero-order valence-electron chi connectivity index (χ0n) is 24.4. The monoisotopic (exact) mass is 658 g/mol. The lowest BCUT2D eigenvalue weighted by molar-refractivity contribution is -0.386. The van der Waals surface area contributed by atoms with Gasteiger partial charge in [0.15, 0.2) is 5.82 Å². The van der Waals surface area contributed by atoms with Crippen LogP contribution in [-0.2, 0) is 6.61 Å². The molecule has 9 nitrogen and oxygen atoms in total. The van der Waals surface area contributed by atoms with Gasteiger partial charge in [-0.3, -0.25) is 14.9 Å². The van der Waals surface area contributed by atoms with E-state index >= 15 is 0 Å². The summed E-state index contributed by atoms with van der Waals surface area (Å²) in [5.41, 5.74) is 3.07. The van der Waals surface area contributed by atoms with Gasteiger partial charge in [-0.25, -0.2) is 9.37 Å². The fraction of sp³-hybridized carbons (Fsp3) is 0.182. The Bertz CT molecular complexity index is 1970. The van der Waals surface area contributed by atoms with Crippen LogP contribution < -0.4 is 15.0 Å². The van der Waals surface area contributed by atoms with Gasteiger partial charge in [0.05, 0.1) is 29.2 Å². The summed E-state index contributed by atoms with van der Waals surface area (Å²) in [4.78, 5) is 30.1. The molecule has 5 rings (SSSR count). The van der Waals surface area contributed by atoms with E-state index in [-0.39, 0.29) is 29.5 Å². The Morgan fingerprint density at radius 1 is 1.11 bits per heavy atom. The highest BCUT2D eigenvalue weighted by atomic mass is 79.9. The Morgan fingerprint density at radius 2 is 1.84 bits per heavy atom. The van der Waals surface area contributed by atoms with Crippen LogP contribution in [0.2, 0.25) is 0 Å². The third kappa shape index (κ3) is 6.23. The molecule has 0 aliphatic rings. The second-order valence-corrected chi connectivity index (χ2v) is 11.3. The van der Waals surface area contributed by atoms with Crippen molar-refractivity contribution in [2.75, 3.05) is 7.11 Å². The lowest BCUT2D eigenvalue weighted by Gasteiger charge is -2.17. The number of ether oxygens (including phenoxy) is 2. The summed E-state index contributed by atoms with van der Waals surface area (Å²) >= 11 is 3.33. The van der Waals surface area contributed by atoms with Crippen molar-refractivity contribution in [3.05, 3.63) is 126 Å². The van der Waals surface area contributed by atoms with Gasteiger partial charge in [0, 0.05) is 21.7 Å². The van der Waals surface area contributed by atoms with E-state index in [2.05, 4.69) is 21.0 Å². The van der Waals surface area contributed by atoms with Gasteiger partial charge < -0.3 is 9.47 Å². The lowest BCUT2D eigenvalue weighted by atomic mass is 9.96. The van der Waals surface area contributed by atoms with Gasteiger partial charge in [-0.2, -0.15) is 9.78 Å². The van der Waals surface area contributed by atoms with E-state index in [0.717, 1.165) is 16.9 Å². The third-order valence-corrected chi connectivity index (χ3v) is 7.52. The van der Waals surface area contributed by atoms with E-state index in [1.54, 1.807) is 37.4 Å². The van der Waals surface area contributed by atoms with Crippen molar-refractivity contribution < 1.29 is 18.8 Å². The minimum absolute atomic E-state index is 0.0580. The molecule has 0 fully saturated rings. The van der Waals surface area contributed by atoms with Crippen molar-refractivity contribution in [3.63, 3.8) is 0 Å². The van der Waals surface area contributed by atoms with E-state index in [0.29, 0.717) is 32.3 Å². The van der Waals surface area contributed by atoms with E-state index < -0.39 is 16.3 Å². The minimum Gasteiger partial charge on any atom is -0.496 e. The van der Waals surface area contributed by atoms with Gasteiger partial charge >= 0.3 is 5.69 Å². The highest BCUT2D eigenvalue weighted by molar-refractivity contribution is 9.10. The Balaban J connectivity index is 1.69. The molecule has 0 aliphatic carbocycles. The number of fused-ring (bicyclic) bond motifs is 1. The lowest BCUT2D eigenvalue weighted by Crippen LogP contribution is -2.21. The molecule has 224 valence electrons. The molecule has 0 amide bonds. The number of aromatic nitrogens is 2. The predicted molar refractivity (Wildman–Crippen MR) is 171 cm³/mol. The Kier molecular flexibility index (Phi) is 8.86. The van der Waals surface area contributed by atoms with Crippen LogP contribution in [0.3, 0.4) is 0 Å². The number of nitro benzene ring substituents is 1. The van der Waals surface area contributed by atoms with Crippen molar-refractivity contribution in [2.45, 2.75) is 33.3 Å². The first-order valence-corrected chi connectivity index (χ1v) is 14.5. The van der Waals surface area contributed by atoms with Gasteiger partial charge in [-0.05, 0) is 72.0 Å². The van der Waals surface area contributed by atoms with Crippen LogP contribution in [-0.4, -0.2) is 27.9 Å². The smallest absolute Gasteiger partial charge is 0.312 e. The van der Waals surface area contributed by atoms with Crippen LogP contribution in [0.25, 0.3) is 22.3 Å². The number of para-hydroxylation sites is 1. The number of halogens is 2. The molecule has 0 aliphatic heterocycles. The van der Waals surface area contributed by atoms with Crippen molar-refractivity contribution in [2.24, 2.45) is 5.10 Å². The highest BCUT2D eigenvalue weighted by Crippen LogP contribution is 2.36. The fourth-order valence-electron chi connectivity index (χ4n) is 4.82. The standard InChI is InChI=1S/C33H28BrFN4O5/c1-19(2)26-16-27(20(3)13-30(26)43-4)32-37-28-8-6-5-7-25(28)33(40)38(32)36-17-22-14-23(34)15-29(39(41)42)31(22)44-18-21-9-11-24(35)12-10-21/h5-17,19H,18H2,1-4H3. The molecule has 0 spiro atoms. The molecule has 11 heteroatoms. The molecule has 1 aromatic heterocycles. The Hall–Kier alpha value is -4.90. The van der Waals surface area contributed by atoms with Gasteiger partial charge in [-0.15, -0.1) is 0 Å². The molecule has 5 aromatic rings. The molecule has 0 bridgehead atoms. The first-order valence-electron chi connectivity index (χ1n) is 13.7. The molecule has 44 heavy (non-hydrogen) atoms. The highest BCUT2D eigenvalue weighted by Gasteiger charge is 2.22. The topological polar surface area (TPSA) is 109 Å². The molecule has 0 unspecified atom stereocenters. The third-order valence-electron chi connectivity index (χ3n) is 7.06. The van der Waals surface area contributed by atoms with Crippen molar-refractivity contribution in [1.82, 2.24) is 9.66 Å². The van der Waals surface area contributed by atoms with Gasteiger partial charge in [-0.1, -0.05) is 54.0 Å². The molecular weight excluding hydrogens is 631 g/mol. The van der Waals surface area contributed by atoms with Gasteiger partial charge in [0.2, 0.25) is 5.75 Å². The zero-order chi connectivity index (χ0) is 31.5. The van der Waals surface area contributed by atoms with E-state index in [1.165, 1.54) is 41.2 Å². The normalized spacial score (nSPS) is 11.4. The molecule has 0 atom stereocenters. The van der Waals surface area contributed by atoms with Crippen LogP contribution in [0.15, 0.2) is 87.2 Å². The summed E-state index contributed by atoms with van der Waals surface area (Å²) in [5.74, 6) is 0.678. The number of benzene rings is 4. The maximum absolute atomic E-state index is 13.9. The van der Waals surface area contributed by atoms with Gasteiger partial charge in [0.25, 0.3) is 5.56 Å². The maximum atomic E-state index is 13.9. The summed E-state index contributed by atoms with van der Waals surface area (Å²) in [5, 5.41) is 16.9. The largest absolute Gasteiger partial charge is 0.496 e. The molecule has 0 radical (unpaired) electrons. The average Bonchev–Trinajstić information content (AvgIpc) is 3.00. The van der Waals surface area contributed by atoms with E-state index in [4.69, 9.17) is 14.5 Å². The molecule has 4 aromatic carbocycles. The van der Waals surface area contributed by atoms with Crippen LogP contribution >= 0.6 is 15.9 Å². The van der Waals surface area contributed by atoms with Crippen LogP contribution in [0.4, 0.5) is 10.1 Å². The molecule has 0 N–H and O–H groups in total. The summed E-state index contributed by atoms with van der Waals surface area (Å²) in [6, 6.07) is 19.4. The number of hydrogen-bond donors (Lipinski definition) is 0. The fourth-order valence-corrected chi connectivity index (χ4v) is 5.28. The maximum Gasteiger partial charge on any atom is 0.312 e. The quantitative estimate of drug-likeness (QED) is 0.0909. The van der Waals surface area contributed by atoms with Gasteiger partial charge in [0.1, 0.15) is 18.2 Å². The number of hydrogen-bond acceptors (Lipinski definition) is 7. The predicted octanol–water partition coefficient (Wildman–Crippen LogP) is 7.77.